The Kier molecular flexibility index (Phi) is 4.41. The molecule has 1 aliphatic heterocycles. The first kappa shape index (κ1) is 12.7. The average molecular weight is 247 g/mol. The zero-order chi connectivity index (χ0) is 12.8. The predicted molar refractivity (Wildman–Crippen MR) is 71.2 cm³/mol. The van der Waals surface area contributed by atoms with E-state index in [0.717, 1.165) is 25.1 Å². The van der Waals surface area contributed by atoms with E-state index in [1.807, 2.05) is 6.07 Å². The number of nitro benzene ring substituents is 1. The fraction of sp³-hybridized carbons (Fsp3) is 0.462. The van der Waals surface area contributed by atoms with E-state index >= 15 is 0 Å². The summed E-state index contributed by atoms with van der Waals surface area (Å²) in [5, 5.41) is 14.0. The molecule has 0 amide bonds. The van der Waals surface area contributed by atoms with Crippen molar-refractivity contribution < 1.29 is 4.92 Å². The van der Waals surface area contributed by atoms with Gasteiger partial charge in [-0.2, -0.15) is 0 Å². The maximum absolute atomic E-state index is 10.7. The molecule has 96 valence electrons. The van der Waals surface area contributed by atoms with Crippen LogP contribution in [0.4, 0.5) is 5.69 Å². The van der Waals surface area contributed by atoms with Gasteiger partial charge in [0.1, 0.15) is 0 Å². The fourth-order valence-corrected chi connectivity index (χ4v) is 2.04. The lowest BCUT2D eigenvalue weighted by atomic mass is 10.1. The zero-order valence-electron chi connectivity index (χ0n) is 10.2. The molecule has 1 saturated heterocycles. The van der Waals surface area contributed by atoms with Crippen LogP contribution in [0.25, 0.3) is 0 Å². The minimum atomic E-state index is -0.384. The second kappa shape index (κ2) is 6.26. The first-order chi connectivity index (χ1) is 8.75. The number of hydrogen-bond donors (Lipinski definition) is 1. The highest BCUT2D eigenvalue weighted by Gasteiger charge is 2.09. The molecule has 1 N–H and O–H groups in total. The number of rotatable bonds is 3. The first-order valence-electron chi connectivity index (χ1n) is 6.24. The number of hydrogen-bond acceptors (Lipinski definition) is 4. The van der Waals surface area contributed by atoms with Crippen LogP contribution in [-0.4, -0.2) is 30.3 Å². The number of nitrogens with zero attached hydrogens (tertiary/aromatic N) is 2. The molecule has 2 rings (SSSR count). The van der Waals surface area contributed by atoms with Gasteiger partial charge in [0.15, 0.2) is 0 Å². The van der Waals surface area contributed by atoms with Crippen molar-refractivity contribution in [2.45, 2.75) is 25.3 Å². The van der Waals surface area contributed by atoms with Crippen LogP contribution < -0.4 is 5.32 Å². The maximum Gasteiger partial charge on any atom is 0.270 e. The summed E-state index contributed by atoms with van der Waals surface area (Å²) < 4.78 is 0. The maximum atomic E-state index is 10.7. The molecule has 1 aromatic rings. The summed E-state index contributed by atoms with van der Waals surface area (Å²) >= 11 is 0. The van der Waals surface area contributed by atoms with Crippen molar-refractivity contribution in [3.63, 3.8) is 0 Å². The van der Waals surface area contributed by atoms with Gasteiger partial charge in [0, 0.05) is 24.9 Å². The van der Waals surface area contributed by atoms with E-state index in [4.69, 9.17) is 0 Å². The van der Waals surface area contributed by atoms with Crippen LogP contribution in [0.15, 0.2) is 29.3 Å². The molecule has 18 heavy (non-hydrogen) atoms. The molecule has 0 unspecified atom stereocenters. The van der Waals surface area contributed by atoms with Crippen LogP contribution in [0.1, 0.15) is 24.8 Å². The lowest BCUT2D eigenvalue weighted by Gasteiger charge is -2.07. The number of non-ortho nitro benzene ring substituents is 1. The molecule has 5 nitrogen and oxygen atoms in total. The van der Waals surface area contributed by atoms with Crippen molar-refractivity contribution in [1.82, 2.24) is 5.32 Å². The van der Waals surface area contributed by atoms with Crippen molar-refractivity contribution >= 4 is 11.9 Å². The Morgan fingerprint density at radius 3 is 3.17 bits per heavy atom. The Hall–Kier alpha value is -1.75. The smallest absolute Gasteiger partial charge is 0.270 e. The quantitative estimate of drug-likeness (QED) is 0.505. The van der Waals surface area contributed by atoms with Crippen LogP contribution in [0, 0.1) is 10.1 Å². The van der Waals surface area contributed by atoms with Crippen LogP contribution in [0.5, 0.6) is 0 Å². The standard InChI is InChI=1S/C13H17N3O2/c17-16(18)13-6-3-4-11(8-13)9-15-12-5-1-2-7-14-10-12/h3-4,6,8-9,12,14H,1-2,5,7,10H2/b15-9+/t12-/m1/s1. The number of aliphatic imine (C=N–C) groups is 1. The van der Waals surface area contributed by atoms with E-state index < -0.39 is 0 Å². The molecule has 1 atom stereocenters. The predicted octanol–water partition coefficient (Wildman–Crippen LogP) is 2.16. The number of nitrogens with one attached hydrogen (secondary N) is 1. The molecule has 0 aromatic heterocycles. The van der Waals surface area contributed by atoms with Crippen LogP contribution >= 0.6 is 0 Å². The van der Waals surface area contributed by atoms with Crippen molar-refractivity contribution in [1.29, 1.82) is 0 Å². The fourth-order valence-electron chi connectivity index (χ4n) is 2.04. The summed E-state index contributed by atoms with van der Waals surface area (Å²) in [6, 6.07) is 6.84. The largest absolute Gasteiger partial charge is 0.315 e. The van der Waals surface area contributed by atoms with E-state index in [0.29, 0.717) is 0 Å². The second-order valence-electron chi connectivity index (χ2n) is 4.48. The van der Waals surface area contributed by atoms with E-state index in [2.05, 4.69) is 10.3 Å². The zero-order valence-corrected chi connectivity index (χ0v) is 10.2. The highest BCUT2D eigenvalue weighted by molar-refractivity contribution is 5.80. The van der Waals surface area contributed by atoms with E-state index in [9.17, 15) is 10.1 Å². The van der Waals surface area contributed by atoms with Crippen LogP contribution in [0.2, 0.25) is 0 Å². The van der Waals surface area contributed by atoms with Gasteiger partial charge in [0.2, 0.25) is 0 Å². The summed E-state index contributed by atoms with van der Waals surface area (Å²) in [4.78, 5) is 14.8. The van der Waals surface area contributed by atoms with Gasteiger partial charge in [-0.1, -0.05) is 18.6 Å². The molecule has 1 aromatic carbocycles. The minimum absolute atomic E-state index is 0.109. The van der Waals surface area contributed by atoms with Gasteiger partial charge >= 0.3 is 0 Å². The van der Waals surface area contributed by atoms with Gasteiger partial charge in [-0.3, -0.25) is 15.1 Å². The minimum Gasteiger partial charge on any atom is -0.315 e. The lowest BCUT2D eigenvalue weighted by molar-refractivity contribution is -0.384. The highest BCUT2D eigenvalue weighted by Crippen LogP contribution is 2.12. The Morgan fingerprint density at radius 2 is 2.33 bits per heavy atom. The van der Waals surface area contributed by atoms with Gasteiger partial charge in [0.05, 0.1) is 11.0 Å². The Morgan fingerprint density at radius 1 is 1.44 bits per heavy atom. The average Bonchev–Trinajstić information content (AvgIpc) is 2.65. The number of nitro groups is 1. The molecule has 0 saturated carbocycles. The van der Waals surface area contributed by atoms with E-state index in [1.165, 1.54) is 18.9 Å². The van der Waals surface area contributed by atoms with Crippen molar-refractivity contribution in [2.24, 2.45) is 4.99 Å². The van der Waals surface area contributed by atoms with Crippen molar-refractivity contribution in [3.8, 4) is 0 Å². The summed E-state index contributed by atoms with van der Waals surface area (Å²) in [6.45, 7) is 1.95. The first-order valence-corrected chi connectivity index (χ1v) is 6.24. The van der Waals surface area contributed by atoms with Gasteiger partial charge in [-0.05, 0) is 24.9 Å². The Labute approximate surface area is 106 Å². The molecule has 5 heteroatoms. The van der Waals surface area contributed by atoms with Gasteiger partial charge in [-0.25, -0.2) is 0 Å². The Bertz CT molecular complexity index is 438. The third kappa shape index (κ3) is 3.63. The molecule has 0 aliphatic carbocycles. The third-order valence-corrected chi connectivity index (χ3v) is 3.04. The molecular weight excluding hydrogens is 230 g/mol. The van der Waals surface area contributed by atoms with Gasteiger partial charge in [-0.15, -0.1) is 0 Å². The summed E-state index contributed by atoms with van der Waals surface area (Å²) in [7, 11) is 0. The normalized spacial score (nSPS) is 20.8. The third-order valence-electron chi connectivity index (χ3n) is 3.04. The van der Waals surface area contributed by atoms with Crippen LogP contribution in [-0.2, 0) is 0 Å². The summed E-state index contributed by atoms with van der Waals surface area (Å²) in [5.74, 6) is 0. The monoisotopic (exact) mass is 247 g/mol. The van der Waals surface area contributed by atoms with Crippen LogP contribution in [0.3, 0.4) is 0 Å². The Balaban J connectivity index is 2.03. The molecular formula is C13H17N3O2. The van der Waals surface area contributed by atoms with Gasteiger partial charge < -0.3 is 5.32 Å². The molecule has 1 aliphatic rings. The van der Waals surface area contributed by atoms with E-state index in [1.54, 1.807) is 18.3 Å². The molecule has 0 radical (unpaired) electrons. The molecule has 0 bridgehead atoms. The lowest BCUT2D eigenvalue weighted by Crippen LogP contribution is -2.23. The molecule has 0 spiro atoms. The number of benzene rings is 1. The molecule has 1 heterocycles. The van der Waals surface area contributed by atoms with Crippen molar-refractivity contribution in [2.75, 3.05) is 13.1 Å². The highest BCUT2D eigenvalue weighted by atomic mass is 16.6. The van der Waals surface area contributed by atoms with Crippen molar-refractivity contribution in [3.05, 3.63) is 39.9 Å². The van der Waals surface area contributed by atoms with Gasteiger partial charge in [0.25, 0.3) is 5.69 Å². The SMILES string of the molecule is O=[N+]([O-])c1cccc(/C=N/[C@@H]2CCCCNC2)c1. The van der Waals surface area contributed by atoms with E-state index in [-0.39, 0.29) is 16.7 Å². The molecule has 1 fully saturated rings. The second-order valence-corrected chi connectivity index (χ2v) is 4.48. The summed E-state index contributed by atoms with van der Waals surface area (Å²) in [6.07, 6.45) is 5.20. The topological polar surface area (TPSA) is 67.5 Å². The summed E-state index contributed by atoms with van der Waals surface area (Å²) in [5.41, 5.74) is 0.895.